The van der Waals surface area contributed by atoms with E-state index in [-0.39, 0.29) is 5.92 Å². The molecule has 2 rings (SSSR count). The van der Waals surface area contributed by atoms with Gasteiger partial charge in [0, 0.05) is 23.6 Å². The van der Waals surface area contributed by atoms with Crippen LogP contribution in [0.25, 0.3) is 10.9 Å². The van der Waals surface area contributed by atoms with Gasteiger partial charge >= 0.3 is 12.0 Å². The molecule has 6 heteroatoms. The molecule has 0 aliphatic carbocycles. The molecule has 1 aromatic heterocycles. The van der Waals surface area contributed by atoms with Crippen molar-refractivity contribution in [2.24, 2.45) is 5.92 Å². The molecule has 2 atom stereocenters. The molecule has 1 unspecified atom stereocenters. The number of urea groups is 1. The summed E-state index contributed by atoms with van der Waals surface area (Å²) in [5.41, 5.74) is 2.19. The van der Waals surface area contributed by atoms with Gasteiger partial charge in [-0.2, -0.15) is 0 Å². The average molecular weight is 317 g/mol. The van der Waals surface area contributed by atoms with Gasteiger partial charge in [-0.15, -0.1) is 0 Å². The summed E-state index contributed by atoms with van der Waals surface area (Å²) in [6.45, 7) is 4.16. The number of benzene rings is 1. The Kier molecular flexibility index (Phi) is 5.62. The molecular formula is C17H23N3O3. The number of aromatic nitrogens is 1. The van der Waals surface area contributed by atoms with Crippen molar-refractivity contribution in [1.82, 2.24) is 15.6 Å². The van der Waals surface area contributed by atoms with Crippen LogP contribution in [0.15, 0.2) is 30.5 Å². The summed E-state index contributed by atoms with van der Waals surface area (Å²) in [6, 6.07) is 6.66. The summed E-state index contributed by atoms with van der Waals surface area (Å²) < 4.78 is 0. The smallest absolute Gasteiger partial charge is 0.326 e. The molecule has 2 aromatic rings. The van der Waals surface area contributed by atoms with Crippen molar-refractivity contribution in [3.05, 3.63) is 36.0 Å². The zero-order chi connectivity index (χ0) is 16.8. The summed E-state index contributed by atoms with van der Waals surface area (Å²) in [7, 11) is 0. The minimum Gasteiger partial charge on any atom is -0.480 e. The van der Waals surface area contributed by atoms with Crippen LogP contribution >= 0.6 is 0 Å². The Labute approximate surface area is 135 Å². The number of carboxylic acids is 1. The van der Waals surface area contributed by atoms with Gasteiger partial charge < -0.3 is 20.7 Å². The molecule has 1 aromatic carbocycles. The highest BCUT2D eigenvalue weighted by molar-refractivity contribution is 5.84. The van der Waals surface area contributed by atoms with Crippen LogP contribution in [-0.2, 0) is 11.2 Å². The first-order valence-electron chi connectivity index (χ1n) is 7.85. The van der Waals surface area contributed by atoms with E-state index in [2.05, 4.69) is 15.6 Å². The van der Waals surface area contributed by atoms with Crippen LogP contribution in [0, 0.1) is 5.92 Å². The van der Waals surface area contributed by atoms with Crippen molar-refractivity contribution >= 4 is 22.9 Å². The molecule has 0 fully saturated rings. The van der Waals surface area contributed by atoms with E-state index in [4.69, 9.17) is 0 Å². The van der Waals surface area contributed by atoms with Crippen LogP contribution in [0.2, 0.25) is 0 Å². The maximum atomic E-state index is 11.9. The molecule has 4 N–H and O–H groups in total. The zero-order valence-corrected chi connectivity index (χ0v) is 13.4. The highest BCUT2D eigenvalue weighted by atomic mass is 16.4. The molecule has 0 spiro atoms. The molecule has 2 amide bonds. The fraction of sp³-hybridized carbons (Fsp3) is 0.412. The molecule has 0 aliphatic heterocycles. The third-order valence-electron chi connectivity index (χ3n) is 4.12. The number of carbonyl (C=O) groups excluding carboxylic acids is 1. The zero-order valence-electron chi connectivity index (χ0n) is 13.4. The molecule has 0 radical (unpaired) electrons. The first-order chi connectivity index (χ1) is 11.0. The van der Waals surface area contributed by atoms with E-state index >= 15 is 0 Å². The molecule has 0 aliphatic rings. The van der Waals surface area contributed by atoms with Crippen LogP contribution in [0.5, 0.6) is 0 Å². The van der Waals surface area contributed by atoms with Gasteiger partial charge in [0.25, 0.3) is 0 Å². The highest BCUT2D eigenvalue weighted by Gasteiger charge is 2.25. The van der Waals surface area contributed by atoms with Gasteiger partial charge in [-0.1, -0.05) is 38.5 Å². The Morgan fingerprint density at radius 3 is 2.74 bits per heavy atom. The lowest BCUT2D eigenvalue weighted by Crippen LogP contribution is -2.49. The normalized spacial score (nSPS) is 13.5. The van der Waals surface area contributed by atoms with Crippen LogP contribution in [0.4, 0.5) is 4.79 Å². The highest BCUT2D eigenvalue weighted by Crippen LogP contribution is 2.17. The number of aliphatic carboxylic acids is 1. The lowest BCUT2D eigenvalue weighted by molar-refractivity contribution is -0.140. The maximum absolute atomic E-state index is 11.9. The van der Waals surface area contributed by atoms with Gasteiger partial charge in [-0.05, 0) is 24.0 Å². The van der Waals surface area contributed by atoms with Crippen molar-refractivity contribution in [2.45, 2.75) is 32.7 Å². The SMILES string of the molecule is CCC(C)[C@H](NC(=O)NCCc1c[nH]c2ccccc12)C(=O)O. The van der Waals surface area contributed by atoms with Crippen LogP contribution in [0.1, 0.15) is 25.8 Å². The molecular weight excluding hydrogens is 294 g/mol. The van der Waals surface area contributed by atoms with Crippen molar-refractivity contribution in [1.29, 1.82) is 0 Å². The number of amides is 2. The molecule has 23 heavy (non-hydrogen) atoms. The number of nitrogens with one attached hydrogen (secondary N) is 3. The van der Waals surface area contributed by atoms with Crippen LogP contribution < -0.4 is 10.6 Å². The van der Waals surface area contributed by atoms with E-state index in [1.54, 1.807) is 0 Å². The second-order valence-corrected chi connectivity index (χ2v) is 5.71. The fourth-order valence-corrected chi connectivity index (χ4v) is 2.52. The van der Waals surface area contributed by atoms with Gasteiger partial charge in [0.1, 0.15) is 6.04 Å². The molecule has 124 valence electrons. The quantitative estimate of drug-likeness (QED) is 0.632. The van der Waals surface area contributed by atoms with Crippen LogP contribution in [0.3, 0.4) is 0 Å². The first-order valence-corrected chi connectivity index (χ1v) is 7.85. The molecule has 0 saturated heterocycles. The van der Waals surface area contributed by atoms with E-state index in [1.165, 1.54) is 0 Å². The standard InChI is InChI=1S/C17H23N3O3/c1-3-11(2)15(16(21)22)20-17(23)18-9-8-12-10-19-14-7-5-4-6-13(12)14/h4-7,10-11,15,19H,3,8-9H2,1-2H3,(H,21,22)(H2,18,20,23)/t11?,15-/m0/s1. The summed E-state index contributed by atoms with van der Waals surface area (Å²) in [5.74, 6) is -1.13. The third-order valence-corrected chi connectivity index (χ3v) is 4.12. The van der Waals surface area contributed by atoms with E-state index < -0.39 is 18.0 Å². The predicted octanol–water partition coefficient (Wildman–Crippen LogP) is 2.51. The number of fused-ring (bicyclic) bond motifs is 1. The van der Waals surface area contributed by atoms with Gasteiger partial charge in [0.05, 0.1) is 0 Å². The van der Waals surface area contributed by atoms with Gasteiger partial charge in [-0.25, -0.2) is 9.59 Å². The number of aromatic amines is 1. The molecule has 0 saturated carbocycles. The Morgan fingerprint density at radius 2 is 2.04 bits per heavy atom. The predicted molar refractivity (Wildman–Crippen MR) is 89.4 cm³/mol. The summed E-state index contributed by atoms with van der Waals surface area (Å²) in [4.78, 5) is 26.3. The topological polar surface area (TPSA) is 94.2 Å². The van der Waals surface area contributed by atoms with Crippen LogP contribution in [-0.4, -0.2) is 34.7 Å². The minimum atomic E-state index is -1.01. The fourth-order valence-electron chi connectivity index (χ4n) is 2.52. The number of H-pyrrole nitrogens is 1. The number of carbonyl (C=O) groups is 2. The lowest BCUT2D eigenvalue weighted by Gasteiger charge is -2.20. The Morgan fingerprint density at radius 1 is 1.30 bits per heavy atom. The van der Waals surface area contributed by atoms with E-state index in [9.17, 15) is 14.7 Å². The summed E-state index contributed by atoms with van der Waals surface area (Å²) in [6.07, 6.45) is 3.30. The second-order valence-electron chi connectivity index (χ2n) is 5.71. The summed E-state index contributed by atoms with van der Waals surface area (Å²) >= 11 is 0. The molecule has 1 heterocycles. The van der Waals surface area contributed by atoms with Crippen molar-refractivity contribution in [2.75, 3.05) is 6.54 Å². The Hall–Kier alpha value is -2.50. The first kappa shape index (κ1) is 16.9. The Balaban J connectivity index is 1.86. The lowest BCUT2D eigenvalue weighted by atomic mass is 9.99. The van der Waals surface area contributed by atoms with Gasteiger partial charge in [0.15, 0.2) is 0 Å². The monoisotopic (exact) mass is 317 g/mol. The van der Waals surface area contributed by atoms with Gasteiger partial charge in [-0.3, -0.25) is 0 Å². The largest absolute Gasteiger partial charge is 0.480 e. The number of para-hydroxylation sites is 1. The minimum absolute atomic E-state index is 0.119. The van der Waals surface area contributed by atoms with Crippen molar-refractivity contribution in [3.8, 4) is 0 Å². The number of carboxylic acid groups (broad SMARTS) is 1. The Bertz CT molecular complexity index is 681. The second kappa shape index (κ2) is 7.67. The number of hydrogen-bond donors (Lipinski definition) is 4. The van der Waals surface area contributed by atoms with E-state index in [0.717, 1.165) is 16.5 Å². The maximum Gasteiger partial charge on any atom is 0.326 e. The number of rotatable bonds is 7. The van der Waals surface area contributed by atoms with Crippen molar-refractivity contribution in [3.63, 3.8) is 0 Å². The van der Waals surface area contributed by atoms with E-state index in [0.29, 0.717) is 19.4 Å². The summed E-state index contributed by atoms with van der Waals surface area (Å²) in [5, 5.41) is 15.6. The third kappa shape index (κ3) is 4.25. The van der Waals surface area contributed by atoms with Gasteiger partial charge in [0.2, 0.25) is 0 Å². The molecule has 0 bridgehead atoms. The number of hydrogen-bond acceptors (Lipinski definition) is 2. The molecule has 6 nitrogen and oxygen atoms in total. The van der Waals surface area contributed by atoms with Crippen molar-refractivity contribution < 1.29 is 14.7 Å². The van der Waals surface area contributed by atoms with E-state index in [1.807, 2.05) is 44.3 Å². The average Bonchev–Trinajstić information content (AvgIpc) is 2.95.